The van der Waals surface area contributed by atoms with Gasteiger partial charge in [0.05, 0.1) is 10.2 Å². The van der Waals surface area contributed by atoms with E-state index in [1.165, 1.54) is 4.90 Å². The first kappa shape index (κ1) is 19.3. The van der Waals surface area contributed by atoms with E-state index in [2.05, 4.69) is 31.5 Å². The summed E-state index contributed by atoms with van der Waals surface area (Å²) in [7, 11) is 3.38. The highest BCUT2D eigenvalue weighted by Crippen LogP contribution is 2.32. The van der Waals surface area contributed by atoms with Crippen LogP contribution in [0.1, 0.15) is 6.42 Å². The first-order valence-corrected chi connectivity index (χ1v) is 9.95. The molecule has 3 rings (SSSR count). The van der Waals surface area contributed by atoms with Crippen molar-refractivity contribution in [3.8, 4) is 10.6 Å². The van der Waals surface area contributed by atoms with Crippen LogP contribution in [0.3, 0.4) is 0 Å². The third kappa shape index (κ3) is 5.05. The van der Waals surface area contributed by atoms with Crippen molar-refractivity contribution in [2.24, 2.45) is 0 Å². The molecule has 0 aliphatic carbocycles. The first-order valence-electron chi connectivity index (χ1n) is 8.34. The number of hydrogen-bond acceptors (Lipinski definition) is 4. The van der Waals surface area contributed by atoms with Gasteiger partial charge in [0.2, 0.25) is 5.91 Å². The van der Waals surface area contributed by atoms with Crippen LogP contribution in [0, 0.1) is 0 Å². The minimum atomic E-state index is -0.334. The number of thiazole rings is 1. The summed E-state index contributed by atoms with van der Waals surface area (Å²) in [5, 5.41) is 6.37. The number of hydrogen-bond donors (Lipinski definition) is 2. The molecule has 6 nitrogen and oxygen atoms in total. The van der Waals surface area contributed by atoms with Gasteiger partial charge in [0.25, 0.3) is 0 Å². The van der Waals surface area contributed by atoms with Crippen LogP contribution in [-0.4, -0.2) is 42.5 Å². The molecule has 3 aromatic rings. The molecule has 27 heavy (non-hydrogen) atoms. The minimum Gasteiger partial charge on any atom is -0.349 e. The highest BCUT2D eigenvalue weighted by molar-refractivity contribution is 9.10. The van der Waals surface area contributed by atoms with Gasteiger partial charge in [-0.05, 0) is 42.5 Å². The quantitative estimate of drug-likeness (QED) is 0.612. The molecule has 1 aromatic heterocycles. The Morgan fingerprint density at radius 2 is 1.89 bits per heavy atom. The fourth-order valence-corrected chi connectivity index (χ4v) is 3.70. The second-order valence-corrected chi connectivity index (χ2v) is 8.07. The summed E-state index contributed by atoms with van der Waals surface area (Å²) in [4.78, 5) is 29.5. The third-order valence-electron chi connectivity index (χ3n) is 3.86. The molecule has 0 radical (unpaired) electrons. The number of urea groups is 1. The predicted molar refractivity (Wildman–Crippen MR) is 113 cm³/mol. The second kappa shape index (κ2) is 8.49. The van der Waals surface area contributed by atoms with E-state index in [0.717, 1.165) is 25.3 Å². The zero-order chi connectivity index (χ0) is 19.4. The number of anilines is 1. The van der Waals surface area contributed by atoms with E-state index in [4.69, 9.17) is 0 Å². The van der Waals surface area contributed by atoms with Crippen molar-refractivity contribution in [1.82, 2.24) is 15.2 Å². The van der Waals surface area contributed by atoms with Crippen molar-refractivity contribution in [3.05, 3.63) is 46.9 Å². The molecule has 0 unspecified atom stereocenters. The summed E-state index contributed by atoms with van der Waals surface area (Å²) in [5.74, 6) is -0.0254. The third-order valence-corrected chi connectivity index (χ3v) is 5.44. The molecule has 0 bridgehead atoms. The number of aromatic nitrogens is 1. The molecule has 0 aliphatic rings. The molecule has 0 saturated heterocycles. The lowest BCUT2D eigenvalue weighted by Gasteiger charge is -2.11. The Morgan fingerprint density at radius 3 is 2.59 bits per heavy atom. The molecule has 3 amide bonds. The number of carbonyl (C=O) groups is 2. The highest BCUT2D eigenvalue weighted by atomic mass is 79.9. The number of benzene rings is 2. The lowest BCUT2D eigenvalue weighted by molar-refractivity contribution is -0.128. The SMILES string of the molecule is CN(C)C(=O)CCNC(=O)Nc1ccc(-c2nc3cc(Br)ccc3s2)cc1. The van der Waals surface area contributed by atoms with Crippen molar-refractivity contribution >= 4 is 55.1 Å². The Kier molecular flexibility index (Phi) is 6.08. The lowest BCUT2D eigenvalue weighted by atomic mass is 10.2. The van der Waals surface area contributed by atoms with Gasteiger partial charge in [0, 0.05) is 42.8 Å². The monoisotopic (exact) mass is 446 g/mol. The summed E-state index contributed by atoms with van der Waals surface area (Å²) in [5.41, 5.74) is 2.63. The van der Waals surface area contributed by atoms with Crippen molar-refractivity contribution < 1.29 is 9.59 Å². The molecule has 1 heterocycles. The predicted octanol–water partition coefficient (Wildman–Crippen LogP) is 4.33. The molecule has 2 N–H and O–H groups in total. The molecule has 140 valence electrons. The van der Waals surface area contributed by atoms with Crippen molar-refractivity contribution in [3.63, 3.8) is 0 Å². The van der Waals surface area contributed by atoms with Crippen LogP contribution in [0.25, 0.3) is 20.8 Å². The van der Waals surface area contributed by atoms with Crippen molar-refractivity contribution in [1.29, 1.82) is 0 Å². The molecule has 8 heteroatoms. The van der Waals surface area contributed by atoms with Gasteiger partial charge in [-0.2, -0.15) is 0 Å². The molecule has 0 spiro atoms. The Balaban J connectivity index is 1.59. The van der Waals surface area contributed by atoms with E-state index >= 15 is 0 Å². The largest absolute Gasteiger partial charge is 0.349 e. The standard InChI is InChI=1S/C19H19BrN4O2S/c1-24(2)17(25)9-10-21-19(26)22-14-6-3-12(4-7-14)18-23-15-11-13(20)5-8-16(15)27-18/h3-8,11H,9-10H2,1-2H3,(H2,21,22,26). The summed E-state index contributed by atoms with van der Waals surface area (Å²) in [6, 6.07) is 13.2. The van der Waals surface area contributed by atoms with Crippen LogP contribution in [-0.2, 0) is 4.79 Å². The smallest absolute Gasteiger partial charge is 0.319 e. The number of rotatable bonds is 5. The fraction of sp³-hybridized carbons (Fsp3) is 0.211. The zero-order valence-electron chi connectivity index (χ0n) is 15.0. The van der Waals surface area contributed by atoms with Crippen LogP contribution in [0.5, 0.6) is 0 Å². The van der Waals surface area contributed by atoms with Gasteiger partial charge in [-0.25, -0.2) is 9.78 Å². The van der Waals surface area contributed by atoms with Gasteiger partial charge in [0.15, 0.2) is 0 Å². The van der Waals surface area contributed by atoms with Crippen molar-refractivity contribution in [2.75, 3.05) is 26.0 Å². The Hall–Kier alpha value is -2.45. The Morgan fingerprint density at radius 1 is 1.15 bits per heavy atom. The van der Waals surface area contributed by atoms with Gasteiger partial charge in [-0.3, -0.25) is 4.79 Å². The van der Waals surface area contributed by atoms with Crippen LogP contribution >= 0.6 is 27.3 Å². The van der Waals surface area contributed by atoms with Crippen LogP contribution in [0.15, 0.2) is 46.9 Å². The molecule has 0 aliphatic heterocycles. The number of fused-ring (bicyclic) bond motifs is 1. The highest BCUT2D eigenvalue weighted by Gasteiger charge is 2.08. The van der Waals surface area contributed by atoms with Crippen molar-refractivity contribution in [2.45, 2.75) is 6.42 Å². The maximum absolute atomic E-state index is 11.9. The minimum absolute atomic E-state index is 0.0254. The average Bonchev–Trinajstić information content (AvgIpc) is 3.05. The maximum Gasteiger partial charge on any atom is 0.319 e. The molecule has 0 saturated carbocycles. The lowest BCUT2D eigenvalue weighted by Crippen LogP contribution is -2.33. The summed E-state index contributed by atoms with van der Waals surface area (Å²) in [6.45, 7) is 0.294. The molecular weight excluding hydrogens is 428 g/mol. The number of nitrogens with zero attached hydrogens (tertiary/aromatic N) is 2. The van der Waals surface area contributed by atoms with Crippen LogP contribution in [0.2, 0.25) is 0 Å². The van der Waals surface area contributed by atoms with E-state index in [-0.39, 0.29) is 18.4 Å². The Bertz CT molecular complexity index is 970. The summed E-state index contributed by atoms with van der Waals surface area (Å²) in [6.07, 6.45) is 0.271. The normalized spacial score (nSPS) is 10.6. The van der Waals surface area contributed by atoms with Gasteiger partial charge >= 0.3 is 6.03 Å². The van der Waals surface area contributed by atoms with E-state index in [1.807, 2.05) is 42.5 Å². The fourth-order valence-electron chi connectivity index (χ4n) is 2.40. The number of carbonyl (C=O) groups excluding carboxylic acids is 2. The van der Waals surface area contributed by atoms with Gasteiger partial charge in [-0.1, -0.05) is 15.9 Å². The zero-order valence-corrected chi connectivity index (χ0v) is 17.4. The number of halogens is 1. The summed E-state index contributed by atoms with van der Waals surface area (Å²) < 4.78 is 2.13. The summed E-state index contributed by atoms with van der Waals surface area (Å²) >= 11 is 5.09. The average molecular weight is 447 g/mol. The molecule has 0 fully saturated rings. The van der Waals surface area contributed by atoms with E-state index < -0.39 is 0 Å². The van der Waals surface area contributed by atoms with Gasteiger partial charge in [0.1, 0.15) is 5.01 Å². The maximum atomic E-state index is 11.9. The molecule has 0 atom stereocenters. The topological polar surface area (TPSA) is 74.3 Å². The van der Waals surface area contributed by atoms with Crippen LogP contribution < -0.4 is 10.6 Å². The van der Waals surface area contributed by atoms with E-state index in [9.17, 15) is 9.59 Å². The molecule has 2 aromatic carbocycles. The number of amides is 3. The second-order valence-electron chi connectivity index (χ2n) is 6.13. The van der Waals surface area contributed by atoms with Gasteiger partial charge < -0.3 is 15.5 Å². The van der Waals surface area contributed by atoms with E-state index in [0.29, 0.717) is 12.2 Å². The number of nitrogens with one attached hydrogen (secondary N) is 2. The van der Waals surface area contributed by atoms with Crippen LogP contribution in [0.4, 0.5) is 10.5 Å². The molecular formula is C19H19BrN4O2S. The van der Waals surface area contributed by atoms with E-state index in [1.54, 1.807) is 25.4 Å². The Labute approximate surface area is 169 Å². The first-order chi connectivity index (χ1) is 12.9. The van der Waals surface area contributed by atoms with Gasteiger partial charge in [-0.15, -0.1) is 11.3 Å².